The van der Waals surface area contributed by atoms with E-state index in [1.165, 1.54) is 0 Å². The number of aromatic nitrogens is 4. The topological polar surface area (TPSA) is 64.5 Å². The molecular formula is C25H26B2N8Pt. The van der Waals surface area contributed by atoms with Crippen LogP contribution in [0.1, 0.15) is 0 Å². The zero-order valence-electron chi connectivity index (χ0n) is 20.6. The van der Waals surface area contributed by atoms with Crippen LogP contribution in [0.4, 0.5) is 11.4 Å². The molecule has 3 heterocycles. The predicted molar refractivity (Wildman–Crippen MR) is 144 cm³/mol. The third-order valence-corrected chi connectivity index (χ3v) is 7.40. The molecule has 5 rings (SSSR count). The summed E-state index contributed by atoms with van der Waals surface area (Å²) in [5.41, 5.74) is 6.46. The minimum atomic E-state index is 0.0978. The van der Waals surface area contributed by atoms with Crippen LogP contribution in [-0.2, 0) is 19.4 Å². The van der Waals surface area contributed by atoms with Crippen molar-refractivity contribution in [2.75, 3.05) is 37.8 Å². The van der Waals surface area contributed by atoms with Gasteiger partial charge in [0.25, 0.3) is 0 Å². The van der Waals surface area contributed by atoms with Crippen molar-refractivity contribution in [3.8, 4) is 22.3 Å². The molecule has 0 atom stereocenters. The first-order chi connectivity index (χ1) is 17.5. The quantitative estimate of drug-likeness (QED) is 0.294. The molecule has 2 aromatic carbocycles. The van der Waals surface area contributed by atoms with Crippen LogP contribution in [0.5, 0.6) is 0 Å². The summed E-state index contributed by atoms with van der Waals surface area (Å²) in [6, 6.07) is 17.2. The zero-order chi connectivity index (χ0) is 25.2. The first-order valence-electron chi connectivity index (χ1n) is 11.6. The summed E-state index contributed by atoms with van der Waals surface area (Å²) in [5.74, 6) is 0. The van der Waals surface area contributed by atoms with E-state index in [0.717, 1.165) is 37.8 Å². The van der Waals surface area contributed by atoms with Crippen molar-refractivity contribution in [3.63, 3.8) is 0 Å². The molecule has 0 saturated carbocycles. The molecule has 2 aromatic heterocycles. The van der Waals surface area contributed by atoms with Crippen molar-refractivity contribution in [3.05, 3.63) is 86.0 Å². The van der Waals surface area contributed by atoms with Crippen LogP contribution in [0, 0.1) is 0 Å². The van der Waals surface area contributed by atoms with E-state index in [9.17, 15) is 0 Å². The van der Waals surface area contributed by atoms with Gasteiger partial charge in [-0.1, -0.05) is 0 Å². The van der Waals surface area contributed by atoms with Crippen molar-refractivity contribution < 1.29 is 19.4 Å². The van der Waals surface area contributed by atoms with Crippen LogP contribution in [0.3, 0.4) is 0 Å². The van der Waals surface area contributed by atoms with E-state index in [0.29, 0.717) is 0 Å². The monoisotopic (exact) mass is 655 g/mol. The second kappa shape index (κ2) is 10.4. The van der Waals surface area contributed by atoms with Gasteiger partial charge in [-0.3, -0.25) is 0 Å². The Balaban J connectivity index is 1.51. The maximum absolute atomic E-state index is 4.15. The molecule has 0 unspecified atom stereocenters. The van der Waals surface area contributed by atoms with Crippen LogP contribution in [0.2, 0.25) is 0 Å². The van der Waals surface area contributed by atoms with Gasteiger partial charge in [0.1, 0.15) is 0 Å². The van der Waals surface area contributed by atoms with Crippen molar-refractivity contribution in [2.45, 2.75) is 0 Å². The molecule has 36 heavy (non-hydrogen) atoms. The number of benzene rings is 2. The Morgan fingerprint density at radius 1 is 0.556 bits per heavy atom. The van der Waals surface area contributed by atoms with Gasteiger partial charge < -0.3 is 0 Å². The summed E-state index contributed by atoms with van der Waals surface area (Å²) in [6.45, 7) is 0.196. The SMILES string of the molecule is CN(C)B1B(N(C)C)N(c2ccc(-c3cncnc3)cc2)[C](=[Pt])N1c1ccc(-c2cncnc2)cc1. The predicted octanol–water partition coefficient (Wildman–Crippen LogP) is 2.74. The second-order valence-electron chi connectivity index (χ2n) is 9.08. The standard InChI is InChI=1S/C25H26B2N8.Pt/c1-32(2)26-27(33(3)4)35(25-11-7-21(8-12-25)23-15-30-18-31-16-23)19-34(26)24-9-5-20(6-10-24)22-13-28-17-29-14-22;/h5-18H,1-4H3;. The molecule has 0 N–H and O–H groups in total. The van der Waals surface area contributed by atoms with E-state index in [2.05, 4.69) is 135 Å². The van der Waals surface area contributed by atoms with Gasteiger partial charge in [0.15, 0.2) is 0 Å². The fourth-order valence-corrected chi connectivity index (χ4v) is 5.80. The van der Waals surface area contributed by atoms with Crippen molar-refractivity contribution >= 4 is 29.3 Å². The summed E-state index contributed by atoms with van der Waals surface area (Å²) < 4.78 is 1.14. The molecule has 0 radical (unpaired) electrons. The molecule has 1 aliphatic heterocycles. The summed E-state index contributed by atoms with van der Waals surface area (Å²) in [5, 5.41) is 0. The maximum atomic E-state index is 4.15. The molecule has 4 aromatic rings. The Morgan fingerprint density at radius 3 is 1.19 bits per heavy atom. The van der Waals surface area contributed by atoms with E-state index in [1.807, 2.05) is 24.8 Å². The number of nitrogens with zero attached hydrogens (tertiary/aromatic N) is 8. The van der Waals surface area contributed by atoms with Crippen molar-refractivity contribution in [1.29, 1.82) is 0 Å². The average Bonchev–Trinajstić information content (AvgIpc) is 3.23. The van der Waals surface area contributed by atoms with Crippen LogP contribution in [-0.4, -0.2) is 75.6 Å². The van der Waals surface area contributed by atoms with E-state index in [4.69, 9.17) is 0 Å². The Hall–Kier alpha value is -3.19. The summed E-state index contributed by atoms with van der Waals surface area (Å²) >= 11 is 2.45. The van der Waals surface area contributed by atoms with E-state index in [-0.39, 0.29) is 13.7 Å². The average molecular weight is 655 g/mol. The molecular weight excluding hydrogens is 629 g/mol. The molecule has 0 amide bonds. The van der Waals surface area contributed by atoms with Crippen LogP contribution >= 0.6 is 0 Å². The van der Waals surface area contributed by atoms with Crippen LogP contribution < -0.4 is 9.62 Å². The molecule has 182 valence electrons. The van der Waals surface area contributed by atoms with E-state index < -0.39 is 0 Å². The van der Waals surface area contributed by atoms with Gasteiger partial charge in [0, 0.05) is 0 Å². The minimum absolute atomic E-state index is 0.0978. The Kier molecular flexibility index (Phi) is 7.10. The summed E-state index contributed by atoms with van der Waals surface area (Å²) in [4.78, 5) is 26.0. The van der Waals surface area contributed by atoms with Gasteiger partial charge in [-0.2, -0.15) is 0 Å². The molecule has 1 saturated heterocycles. The van der Waals surface area contributed by atoms with Gasteiger partial charge in [0.2, 0.25) is 0 Å². The number of rotatable bonds is 6. The van der Waals surface area contributed by atoms with Gasteiger partial charge in [-0.15, -0.1) is 0 Å². The van der Waals surface area contributed by atoms with Crippen molar-refractivity contribution in [1.82, 2.24) is 29.6 Å². The number of anilines is 2. The van der Waals surface area contributed by atoms with E-state index >= 15 is 0 Å². The molecule has 0 spiro atoms. The summed E-state index contributed by atoms with van der Waals surface area (Å²) in [6.07, 6.45) is 10.5. The Morgan fingerprint density at radius 2 is 0.889 bits per heavy atom. The molecule has 8 nitrogen and oxygen atoms in total. The second-order valence-corrected chi connectivity index (χ2v) is 10.1. The first-order valence-corrected chi connectivity index (χ1v) is 12.7. The van der Waals surface area contributed by atoms with Gasteiger partial charge in [-0.25, -0.2) is 0 Å². The van der Waals surface area contributed by atoms with Crippen LogP contribution in [0.15, 0.2) is 86.0 Å². The van der Waals surface area contributed by atoms with Crippen LogP contribution in [0.25, 0.3) is 22.3 Å². The molecule has 1 aliphatic rings. The van der Waals surface area contributed by atoms with Crippen molar-refractivity contribution in [2.24, 2.45) is 0 Å². The third kappa shape index (κ3) is 4.64. The Bertz CT molecular complexity index is 1220. The fourth-order valence-electron chi connectivity index (χ4n) is 4.61. The zero-order valence-corrected chi connectivity index (χ0v) is 22.9. The van der Waals surface area contributed by atoms with E-state index in [1.54, 1.807) is 12.7 Å². The molecule has 0 aliphatic carbocycles. The Labute approximate surface area is 223 Å². The number of hydrogen-bond acceptors (Lipinski definition) is 8. The normalized spacial score (nSPS) is 13.9. The summed E-state index contributed by atoms with van der Waals surface area (Å²) in [7, 11) is 8.54. The molecule has 1 fully saturated rings. The van der Waals surface area contributed by atoms with Gasteiger partial charge in [0.05, 0.1) is 0 Å². The fraction of sp³-hybridized carbons (Fsp3) is 0.160. The number of hydrogen-bond donors (Lipinski definition) is 0. The molecule has 11 heteroatoms. The third-order valence-electron chi connectivity index (χ3n) is 6.30. The molecule has 0 bridgehead atoms. The first kappa shape index (κ1) is 24.5. The van der Waals surface area contributed by atoms with Gasteiger partial charge >= 0.3 is 224 Å². The van der Waals surface area contributed by atoms with Gasteiger partial charge in [-0.05, 0) is 0 Å².